The molecule has 0 amide bonds. The van der Waals surface area contributed by atoms with E-state index in [1.165, 1.54) is 45.3 Å². The summed E-state index contributed by atoms with van der Waals surface area (Å²) in [6, 6.07) is 0.766. The summed E-state index contributed by atoms with van der Waals surface area (Å²) >= 11 is 0. The van der Waals surface area contributed by atoms with Crippen LogP contribution in [0, 0.1) is 13.3 Å². The van der Waals surface area contributed by atoms with E-state index in [-0.39, 0.29) is 40.1 Å². The van der Waals surface area contributed by atoms with E-state index >= 15 is 0 Å². The van der Waals surface area contributed by atoms with Gasteiger partial charge in [-0.25, -0.2) is 0 Å². The average molecular weight is 314 g/mol. The molecule has 0 atom stereocenters. The van der Waals surface area contributed by atoms with E-state index in [9.17, 15) is 0 Å². The molecule has 2 saturated heterocycles. The fourth-order valence-electron chi connectivity index (χ4n) is 2.76. The van der Waals surface area contributed by atoms with Gasteiger partial charge in [-0.1, -0.05) is 12.8 Å². The smallest absolute Gasteiger partial charge is 0.00884 e. The van der Waals surface area contributed by atoms with E-state index in [1.54, 1.807) is 0 Å². The zero-order chi connectivity index (χ0) is 10.5. The first-order valence-electron chi connectivity index (χ1n) is 6.41. The van der Waals surface area contributed by atoms with Gasteiger partial charge in [0.2, 0.25) is 0 Å². The Morgan fingerprint density at radius 3 is 2.24 bits per heavy atom. The van der Waals surface area contributed by atoms with E-state index in [4.69, 9.17) is 0 Å². The number of piperidine rings is 2. The van der Waals surface area contributed by atoms with Gasteiger partial charge >= 0.3 is 0 Å². The van der Waals surface area contributed by atoms with Crippen LogP contribution < -0.4 is 5.32 Å². The van der Waals surface area contributed by atoms with Gasteiger partial charge < -0.3 is 23.0 Å². The second-order valence-corrected chi connectivity index (χ2v) is 4.98. The summed E-state index contributed by atoms with van der Waals surface area (Å²) in [4.78, 5) is 2.66. The SMILES string of the molecule is CNC1CCN(CC2CC[N-]CC2)CC1.[CH3-].[Y]. The molecule has 0 aromatic heterocycles. The third-order valence-electron chi connectivity index (χ3n) is 3.90. The van der Waals surface area contributed by atoms with E-state index < -0.39 is 0 Å². The molecule has 0 unspecified atom stereocenters. The number of hydrogen-bond donors (Lipinski definition) is 1. The van der Waals surface area contributed by atoms with Gasteiger partial charge in [0.25, 0.3) is 0 Å². The third-order valence-corrected chi connectivity index (χ3v) is 3.90. The van der Waals surface area contributed by atoms with E-state index in [1.807, 2.05) is 0 Å². The van der Waals surface area contributed by atoms with Gasteiger partial charge in [0.05, 0.1) is 0 Å². The minimum absolute atomic E-state index is 0. The van der Waals surface area contributed by atoms with Crippen molar-refractivity contribution < 1.29 is 32.7 Å². The number of hydrogen-bond acceptors (Lipinski definition) is 2. The molecule has 0 spiro atoms. The van der Waals surface area contributed by atoms with Crippen molar-refractivity contribution in [1.82, 2.24) is 10.2 Å². The minimum atomic E-state index is 0. The van der Waals surface area contributed by atoms with Crippen LogP contribution in [-0.4, -0.2) is 50.7 Å². The van der Waals surface area contributed by atoms with Crippen LogP contribution in [0.15, 0.2) is 0 Å². The first-order valence-corrected chi connectivity index (χ1v) is 6.41. The summed E-state index contributed by atoms with van der Waals surface area (Å²) in [6.45, 7) is 6.12. The van der Waals surface area contributed by atoms with Crippen LogP contribution in [-0.2, 0) is 32.7 Å². The maximum absolute atomic E-state index is 4.42. The fraction of sp³-hybridized carbons (Fsp3) is 0.923. The molecule has 0 aromatic rings. The van der Waals surface area contributed by atoms with E-state index in [0.717, 1.165) is 25.0 Å². The molecule has 0 aromatic carbocycles. The normalized spacial score (nSPS) is 23.8. The predicted octanol–water partition coefficient (Wildman–Crippen LogP) is 1.90. The van der Waals surface area contributed by atoms with Gasteiger partial charge in [-0.05, 0) is 38.9 Å². The summed E-state index contributed by atoms with van der Waals surface area (Å²) in [5.74, 6) is 0.925. The number of nitrogens with one attached hydrogen (secondary N) is 1. The van der Waals surface area contributed by atoms with Crippen LogP contribution >= 0.6 is 0 Å². The van der Waals surface area contributed by atoms with Gasteiger partial charge in [0.15, 0.2) is 0 Å². The quantitative estimate of drug-likeness (QED) is 0.806. The summed E-state index contributed by atoms with van der Waals surface area (Å²) in [6.07, 6.45) is 5.30. The van der Waals surface area contributed by atoms with Crippen LogP contribution in [0.5, 0.6) is 0 Å². The second-order valence-electron chi connectivity index (χ2n) is 4.98. The molecule has 1 radical (unpaired) electrons. The molecule has 0 bridgehead atoms. The summed E-state index contributed by atoms with van der Waals surface area (Å²) in [7, 11) is 2.09. The zero-order valence-corrected chi connectivity index (χ0v) is 14.3. The molecule has 0 saturated carbocycles. The summed E-state index contributed by atoms with van der Waals surface area (Å²) < 4.78 is 0. The van der Waals surface area contributed by atoms with Gasteiger partial charge in [0, 0.05) is 45.3 Å². The van der Waals surface area contributed by atoms with Crippen LogP contribution in [0.1, 0.15) is 25.7 Å². The van der Waals surface area contributed by atoms with Crippen LogP contribution in [0.2, 0.25) is 0 Å². The van der Waals surface area contributed by atoms with Crippen molar-refractivity contribution >= 4 is 0 Å². The molecule has 17 heavy (non-hydrogen) atoms. The summed E-state index contributed by atoms with van der Waals surface area (Å²) in [5.41, 5.74) is 0. The van der Waals surface area contributed by atoms with Crippen LogP contribution in [0.4, 0.5) is 0 Å². The topological polar surface area (TPSA) is 29.4 Å². The molecular formula is C13H27N3Y-2. The van der Waals surface area contributed by atoms with Crippen molar-refractivity contribution in [2.24, 2.45) is 5.92 Å². The maximum Gasteiger partial charge on any atom is 0.00884 e. The first kappa shape index (κ1) is 18.0. The largest absolute Gasteiger partial charge is 0.662 e. The third kappa shape index (κ3) is 6.11. The Morgan fingerprint density at radius 1 is 1.12 bits per heavy atom. The Labute approximate surface area is 132 Å². The van der Waals surface area contributed by atoms with Gasteiger partial charge in [-0.3, -0.25) is 0 Å². The van der Waals surface area contributed by atoms with Gasteiger partial charge in [0.1, 0.15) is 0 Å². The molecule has 3 nitrogen and oxygen atoms in total. The monoisotopic (exact) mass is 314 g/mol. The predicted molar refractivity (Wildman–Crippen MR) is 70.8 cm³/mol. The molecule has 1 N–H and O–H groups in total. The average Bonchev–Trinajstić information content (AvgIpc) is 2.31. The van der Waals surface area contributed by atoms with E-state index in [2.05, 4.69) is 22.6 Å². The number of likely N-dealkylation sites (tertiary alicyclic amines) is 1. The molecule has 0 aliphatic carbocycles. The molecule has 99 valence electrons. The second kappa shape index (κ2) is 9.85. The molecule has 2 heterocycles. The zero-order valence-electron chi connectivity index (χ0n) is 11.5. The standard InChI is InChI=1S/C12H24N3.CH3.Y/c1-13-12-4-8-15(9-5-12)10-11-2-6-14-7-3-11;;/h11-13H,2-10H2,1H3;1H3;/q2*-1;. The number of rotatable bonds is 3. The van der Waals surface area contributed by atoms with Crippen molar-refractivity contribution in [3.8, 4) is 0 Å². The Hall–Kier alpha value is 0.984. The summed E-state index contributed by atoms with van der Waals surface area (Å²) in [5, 5.41) is 7.80. The molecule has 2 aliphatic rings. The molecule has 4 heteroatoms. The van der Waals surface area contributed by atoms with Crippen LogP contribution in [0.3, 0.4) is 0 Å². The van der Waals surface area contributed by atoms with Crippen molar-refractivity contribution in [1.29, 1.82) is 0 Å². The maximum atomic E-state index is 4.42. The Balaban J connectivity index is 0.00000128. The fourth-order valence-corrected chi connectivity index (χ4v) is 2.76. The molecular weight excluding hydrogens is 287 g/mol. The molecule has 2 rings (SSSR count). The van der Waals surface area contributed by atoms with Crippen molar-refractivity contribution in [2.45, 2.75) is 31.7 Å². The van der Waals surface area contributed by atoms with Gasteiger partial charge in [-0.15, -0.1) is 13.1 Å². The molecule has 2 fully saturated rings. The molecule has 2 aliphatic heterocycles. The van der Waals surface area contributed by atoms with Crippen molar-refractivity contribution in [3.05, 3.63) is 12.7 Å². The Kier molecular flexibility index (Phi) is 10.4. The van der Waals surface area contributed by atoms with Crippen molar-refractivity contribution in [2.75, 3.05) is 39.8 Å². The van der Waals surface area contributed by atoms with E-state index in [0.29, 0.717) is 0 Å². The number of nitrogens with zero attached hydrogens (tertiary/aromatic N) is 2. The van der Waals surface area contributed by atoms with Crippen molar-refractivity contribution in [3.63, 3.8) is 0 Å². The van der Waals surface area contributed by atoms with Crippen LogP contribution in [0.25, 0.3) is 5.32 Å². The Bertz CT molecular complexity index is 176. The minimum Gasteiger partial charge on any atom is -0.662 e. The Morgan fingerprint density at radius 2 is 1.71 bits per heavy atom. The van der Waals surface area contributed by atoms with Gasteiger partial charge in [-0.2, -0.15) is 0 Å². The first-order chi connectivity index (χ1) is 7.38.